The highest BCUT2D eigenvalue weighted by molar-refractivity contribution is 5.20. The molecule has 3 heteroatoms. The van der Waals surface area contributed by atoms with Crippen molar-refractivity contribution >= 4 is 0 Å². The minimum absolute atomic E-state index is 0.159. The first kappa shape index (κ1) is 14.1. The lowest BCUT2D eigenvalue weighted by atomic mass is 9.86. The molecule has 0 saturated heterocycles. The van der Waals surface area contributed by atoms with Crippen molar-refractivity contribution in [3.05, 3.63) is 35.4 Å². The van der Waals surface area contributed by atoms with Gasteiger partial charge in [0, 0.05) is 6.04 Å². The Kier molecular flexibility index (Phi) is 4.63. The van der Waals surface area contributed by atoms with Crippen LogP contribution in [0.15, 0.2) is 18.2 Å². The smallest absolute Gasteiger partial charge is 0.162 e. The molecule has 0 aliphatic carbocycles. The Morgan fingerprint density at radius 3 is 2.41 bits per heavy atom. The highest BCUT2D eigenvalue weighted by atomic mass is 19.2. The molecule has 0 spiro atoms. The summed E-state index contributed by atoms with van der Waals surface area (Å²) in [6.45, 7) is 6.41. The fourth-order valence-electron chi connectivity index (χ4n) is 1.99. The summed E-state index contributed by atoms with van der Waals surface area (Å²) >= 11 is 0. The molecule has 1 unspecified atom stereocenters. The standard InChI is InChI=1S/C14H21F2N/c1-14(2,3)9-11(17-4)8-10-6-5-7-12(15)13(10)16/h5-7,11,17H,8-9H2,1-4H3. The van der Waals surface area contributed by atoms with Crippen LogP contribution in [-0.4, -0.2) is 13.1 Å². The molecule has 1 aromatic carbocycles. The maximum atomic E-state index is 13.5. The number of halogens is 2. The molecular formula is C14H21F2N. The number of hydrogen-bond donors (Lipinski definition) is 1. The first-order valence-electron chi connectivity index (χ1n) is 5.93. The largest absolute Gasteiger partial charge is 0.317 e. The van der Waals surface area contributed by atoms with Crippen molar-refractivity contribution in [2.24, 2.45) is 5.41 Å². The summed E-state index contributed by atoms with van der Waals surface area (Å²) < 4.78 is 26.6. The third kappa shape index (κ3) is 4.43. The van der Waals surface area contributed by atoms with Gasteiger partial charge in [0.05, 0.1) is 0 Å². The molecule has 0 radical (unpaired) electrons. The Labute approximate surface area is 102 Å². The van der Waals surface area contributed by atoms with E-state index >= 15 is 0 Å². The van der Waals surface area contributed by atoms with Crippen molar-refractivity contribution in [3.8, 4) is 0 Å². The fourth-order valence-corrected chi connectivity index (χ4v) is 1.99. The topological polar surface area (TPSA) is 12.0 Å². The van der Waals surface area contributed by atoms with Crippen molar-refractivity contribution in [1.82, 2.24) is 5.32 Å². The van der Waals surface area contributed by atoms with Crippen LogP contribution >= 0.6 is 0 Å². The fraction of sp³-hybridized carbons (Fsp3) is 0.571. The summed E-state index contributed by atoms with van der Waals surface area (Å²) in [4.78, 5) is 0. The molecule has 0 aliphatic heterocycles. The highest BCUT2D eigenvalue weighted by Gasteiger charge is 2.19. The van der Waals surface area contributed by atoms with Gasteiger partial charge in [-0.05, 0) is 36.9 Å². The second-order valence-corrected chi connectivity index (χ2v) is 5.67. The normalized spacial score (nSPS) is 13.8. The Morgan fingerprint density at radius 2 is 1.88 bits per heavy atom. The van der Waals surface area contributed by atoms with Gasteiger partial charge in [-0.15, -0.1) is 0 Å². The molecule has 1 N–H and O–H groups in total. The van der Waals surface area contributed by atoms with Crippen molar-refractivity contribution in [1.29, 1.82) is 0 Å². The van der Waals surface area contributed by atoms with Gasteiger partial charge in [0.25, 0.3) is 0 Å². The molecule has 0 saturated carbocycles. The summed E-state index contributed by atoms with van der Waals surface area (Å²) in [6.07, 6.45) is 1.43. The maximum Gasteiger partial charge on any atom is 0.162 e. The number of rotatable bonds is 4. The van der Waals surface area contributed by atoms with Crippen LogP contribution in [0.4, 0.5) is 8.78 Å². The van der Waals surface area contributed by atoms with Gasteiger partial charge in [0.1, 0.15) is 0 Å². The quantitative estimate of drug-likeness (QED) is 0.850. The van der Waals surface area contributed by atoms with Crippen molar-refractivity contribution < 1.29 is 8.78 Å². The van der Waals surface area contributed by atoms with Gasteiger partial charge >= 0.3 is 0 Å². The molecule has 1 atom stereocenters. The first-order chi connectivity index (χ1) is 7.83. The zero-order valence-corrected chi connectivity index (χ0v) is 11.0. The molecule has 0 fully saturated rings. The number of hydrogen-bond acceptors (Lipinski definition) is 1. The lowest BCUT2D eigenvalue weighted by molar-refractivity contribution is 0.314. The highest BCUT2D eigenvalue weighted by Crippen LogP contribution is 2.23. The molecule has 1 rings (SSSR count). The van der Waals surface area contributed by atoms with Crippen LogP contribution in [0.2, 0.25) is 0 Å². The van der Waals surface area contributed by atoms with Crippen LogP contribution in [0.5, 0.6) is 0 Å². The monoisotopic (exact) mass is 241 g/mol. The Morgan fingerprint density at radius 1 is 1.24 bits per heavy atom. The zero-order chi connectivity index (χ0) is 13.1. The Bertz CT molecular complexity index is 369. The van der Waals surface area contributed by atoms with Crippen molar-refractivity contribution in [2.75, 3.05) is 7.05 Å². The molecule has 1 aromatic rings. The summed E-state index contributed by atoms with van der Waals surface area (Å²) in [5.74, 6) is -1.49. The molecule has 1 nitrogen and oxygen atoms in total. The predicted molar refractivity (Wildman–Crippen MR) is 67.0 cm³/mol. The molecule has 0 heterocycles. The average Bonchev–Trinajstić information content (AvgIpc) is 2.21. The maximum absolute atomic E-state index is 13.5. The Balaban J connectivity index is 2.77. The van der Waals surface area contributed by atoms with Crippen LogP contribution in [0.1, 0.15) is 32.8 Å². The van der Waals surface area contributed by atoms with E-state index in [1.807, 2.05) is 7.05 Å². The van der Waals surface area contributed by atoms with E-state index in [1.165, 1.54) is 0 Å². The third-order valence-corrected chi connectivity index (χ3v) is 2.76. The van der Waals surface area contributed by atoms with Crippen LogP contribution in [-0.2, 0) is 6.42 Å². The van der Waals surface area contributed by atoms with E-state index in [4.69, 9.17) is 0 Å². The van der Waals surface area contributed by atoms with E-state index in [2.05, 4.69) is 26.1 Å². The van der Waals surface area contributed by atoms with Gasteiger partial charge in [0.2, 0.25) is 0 Å². The lowest BCUT2D eigenvalue weighted by Crippen LogP contribution is -2.32. The second kappa shape index (κ2) is 5.58. The number of nitrogens with one attached hydrogen (secondary N) is 1. The predicted octanol–water partition coefficient (Wildman–Crippen LogP) is 3.53. The molecule has 0 amide bonds. The first-order valence-corrected chi connectivity index (χ1v) is 5.93. The number of likely N-dealkylation sites (N-methyl/N-ethyl adjacent to an activating group) is 1. The zero-order valence-electron chi connectivity index (χ0n) is 11.0. The van der Waals surface area contributed by atoms with E-state index in [0.29, 0.717) is 12.0 Å². The molecule has 96 valence electrons. The van der Waals surface area contributed by atoms with Gasteiger partial charge in [-0.1, -0.05) is 32.9 Å². The van der Waals surface area contributed by atoms with Crippen molar-refractivity contribution in [3.63, 3.8) is 0 Å². The molecule has 0 aliphatic rings. The minimum Gasteiger partial charge on any atom is -0.317 e. The van der Waals surface area contributed by atoms with E-state index in [1.54, 1.807) is 12.1 Å². The van der Waals surface area contributed by atoms with E-state index in [9.17, 15) is 8.78 Å². The van der Waals surface area contributed by atoms with Gasteiger partial charge in [-0.2, -0.15) is 0 Å². The molecular weight excluding hydrogens is 220 g/mol. The summed E-state index contributed by atoms with van der Waals surface area (Å²) in [7, 11) is 1.85. The van der Waals surface area contributed by atoms with Crippen LogP contribution < -0.4 is 5.32 Å². The number of benzene rings is 1. The van der Waals surface area contributed by atoms with Crippen LogP contribution in [0.3, 0.4) is 0 Å². The lowest BCUT2D eigenvalue weighted by Gasteiger charge is -2.26. The van der Waals surface area contributed by atoms with Gasteiger partial charge in [0.15, 0.2) is 11.6 Å². The summed E-state index contributed by atoms with van der Waals surface area (Å²) in [5, 5.41) is 3.16. The van der Waals surface area contributed by atoms with Gasteiger partial charge < -0.3 is 5.32 Å². The van der Waals surface area contributed by atoms with Crippen LogP contribution in [0, 0.1) is 17.0 Å². The van der Waals surface area contributed by atoms with Crippen molar-refractivity contribution in [2.45, 2.75) is 39.7 Å². The van der Waals surface area contributed by atoms with E-state index in [-0.39, 0.29) is 11.5 Å². The third-order valence-electron chi connectivity index (χ3n) is 2.76. The molecule has 0 bridgehead atoms. The van der Waals surface area contributed by atoms with E-state index < -0.39 is 11.6 Å². The summed E-state index contributed by atoms with van der Waals surface area (Å²) in [5.41, 5.74) is 0.603. The Hall–Kier alpha value is -0.960. The minimum atomic E-state index is -0.770. The van der Waals surface area contributed by atoms with Gasteiger partial charge in [-0.25, -0.2) is 8.78 Å². The molecule has 17 heavy (non-hydrogen) atoms. The van der Waals surface area contributed by atoms with Crippen LogP contribution in [0.25, 0.3) is 0 Å². The SMILES string of the molecule is CNC(Cc1cccc(F)c1F)CC(C)(C)C. The van der Waals surface area contributed by atoms with E-state index in [0.717, 1.165) is 12.5 Å². The molecule has 0 aromatic heterocycles. The average molecular weight is 241 g/mol. The summed E-state index contributed by atoms with van der Waals surface area (Å²) in [6, 6.07) is 4.51. The van der Waals surface area contributed by atoms with Gasteiger partial charge in [-0.3, -0.25) is 0 Å². The second-order valence-electron chi connectivity index (χ2n) is 5.67.